The van der Waals surface area contributed by atoms with Gasteiger partial charge in [-0.15, -0.1) is 0 Å². The van der Waals surface area contributed by atoms with Gasteiger partial charge in [0.1, 0.15) is 5.84 Å². The van der Waals surface area contributed by atoms with Gasteiger partial charge in [0.25, 0.3) is 0 Å². The van der Waals surface area contributed by atoms with Crippen LogP contribution in [0.25, 0.3) is 0 Å². The Labute approximate surface area is 60.1 Å². The van der Waals surface area contributed by atoms with Crippen LogP contribution in [0.15, 0.2) is 5.16 Å². The predicted molar refractivity (Wildman–Crippen MR) is 39.0 cm³/mol. The Kier molecular flexibility index (Phi) is 2.50. The van der Waals surface area contributed by atoms with Crippen LogP contribution in [0.5, 0.6) is 0 Å². The number of oxime groups is 1. The highest BCUT2D eigenvalue weighted by Gasteiger charge is 2.16. The number of nitrogens with one attached hydrogen (secondary N) is 1. The monoisotopic (exact) mass is 143 g/mol. The van der Waals surface area contributed by atoms with Gasteiger partial charge in [0.05, 0.1) is 0 Å². The van der Waals surface area contributed by atoms with Gasteiger partial charge in [-0.1, -0.05) is 5.16 Å². The molecule has 1 rings (SSSR count). The summed E-state index contributed by atoms with van der Waals surface area (Å²) in [6.07, 6.45) is 1.96. The Balaban J connectivity index is 2.39. The Bertz CT molecular complexity index is 129. The largest absolute Gasteiger partial charge is 0.409 e. The fourth-order valence-electron chi connectivity index (χ4n) is 1.20. The van der Waals surface area contributed by atoms with Crippen LogP contribution in [0.1, 0.15) is 12.8 Å². The molecule has 1 fully saturated rings. The molecule has 4 nitrogen and oxygen atoms in total. The number of rotatable bonds is 1. The highest BCUT2D eigenvalue weighted by molar-refractivity contribution is 5.82. The molecular formula is C6H13N3O. The molecule has 0 aliphatic carbocycles. The smallest absolute Gasteiger partial charge is 0.142 e. The number of nitrogens with two attached hydrogens (primary N) is 1. The van der Waals surface area contributed by atoms with Crippen molar-refractivity contribution in [2.24, 2.45) is 16.8 Å². The summed E-state index contributed by atoms with van der Waals surface area (Å²) in [4.78, 5) is 0. The molecule has 4 heteroatoms. The van der Waals surface area contributed by atoms with Gasteiger partial charge in [-0.2, -0.15) is 0 Å². The zero-order valence-corrected chi connectivity index (χ0v) is 5.88. The third-order valence-corrected chi connectivity index (χ3v) is 1.87. The van der Waals surface area contributed by atoms with Crippen molar-refractivity contribution in [3.05, 3.63) is 0 Å². The molecule has 58 valence electrons. The molecule has 0 saturated carbocycles. The van der Waals surface area contributed by atoms with Crippen molar-refractivity contribution in [1.29, 1.82) is 0 Å². The molecule has 0 unspecified atom stereocenters. The van der Waals surface area contributed by atoms with E-state index in [-0.39, 0.29) is 5.92 Å². The third-order valence-electron chi connectivity index (χ3n) is 1.87. The Hall–Kier alpha value is -0.770. The van der Waals surface area contributed by atoms with Gasteiger partial charge in [0.15, 0.2) is 0 Å². The first kappa shape index (κ1) is 7.34. The van der Waals surface area contributed by atoms with E-state index in [2.05, 4.69) is 10.5 Å². The topological polar surface area (TPSA) is 70.6 Å². The van der Waals surface area contributed by atoms with Crippen LogP contribution in [-0.2, 0) is 0 Å². The van der Waals surface area contributed by atoms with Gasteiger partial charge >= 0.3 is 0 Å². The number of hydrogen-bond acceptors (Lipinski definition) is 3. The lowest BCUT2D eigenvalue weighted by atomic mass is 9.97. The minimum atomic E-state index is 0.284. The van der Waals surface area contributed by atoms with Gasteiger partial charge in [0.2, 0.25) is 0 Å². The maximum Gasteiger partial charge on any atom is 0.142 e. The van der Waals surface area contributed by atoms with E-state index in [4.69, 9.17) is 10.9 Å². The highest BCUT2D eigenvalue weighted by atomic mass is 16.4. The van der Waals surface area contributed by atoms with E-state index in [0.717, 1.165) is 25.9 Å². The molecule has 1 aliphatic heterocycles. The maximum atomic E-state index is 8.33. The van der Waals surface area contributed by atoms with Crippen LogP contribution in [0, 0.1) is 5.92 Å². The summed E-state index contributed by atoms with van der Waals surface area (Å²) in [6.45, 7) is 1.95. The summed E-state index contributed by atoms with van der Waals surface area (Å²) in [6, 6.07) is 0. The highest BCUT2D eigenvalue weighted by Crippen LogP contribution is 2.10. The van der Waals surface area contributed by atoms with Crippen LogP contribution >= 0.6 is 0 Å². The second kappa shape index (κ2) is 3.41. The molecule has 1 aliphatic rings. The number of nitrogens with zero attached hydrogens (tertiary/aromatic N) is 1. The van der Waals surface area contributed by atoms with Crippen molar-refractivity contribution in [3.8, 4) is 0 Å². The van der Waals surface area contributed by atoms with E-state index in [1.165, 1.54) is 0 Å². The van der Waals surface area contributed by atoms with Gasteiger partial charge in [-0.05, 0) is 25.9 Å². The molecule has 0 atom stereocenters. The van der Waals surface area contributed by atoms with Gasteiger partial charge in [0, 0.05) is 5.92 Å². The van der Waals surface area contributed by atoms with Crippen molar-refractivity contribution in [2.75, 3.05) is 13.1 Å². The lowest BCUT2D eigenvalue weighted by molar-refractivity contribution is 0.310. The van der Waals surface area contributed by atoms with Crippen LogP contribution < -0.4 is 11.1 Å². The minimum absolute atomic E-state index is 0.284. The van der Waals surface area contributed by atoms with E-state index in [1.807, 2.05) is 0 Å². The number of amidine groups is 1. The van der Waals surface area contributed by atoms with Crippen LogP contribution in [-0.4, -0.2) is 24.1 Å². The normalized spacial score (nSPS) is 23.0. The van der Waals surface area contributed by atoms with Crippen LogP contribution in [0.2, 0.25) is 0 Å². The fraction of sp³-hybridized carbons (Fsp3) is 0.833. The average Bonchev–Trinajstić information content (AvgIpc) is 2.05. The summed E-state index contributed by atoms with van der Waals surface area (Å²) in [7, 11) is 0. The first-order valence-electron chi connectivity index (χ1n) is 3.52. The quantitative estimate of drug-likeness (QED) is 0.205. The molecular weight excluding hydrogens is 130 g/mol. The molecule has 0 bridgehead atoms. The van der Waals surface area contributed by atoms with Crippen LogP contribution in [0.4, 0.5) is 0 Å². The summed E-state index contributed by atoms with van der Waals surface area (Å²) in [5, 5.41) is 14.5. The molecule has 0 radical (unpaired) electrons. The van der Waals surface area contributed by atoms with E-state index in [9.17, 15) is 0 Å². The van der Waals surface area contributed by atoms with E-state index < -0.39 is 0 Å². The summed E-state index contributed by atoms with van der Waals surface area (Å²) < 4.78 is 0. The van der Waals surface area contributed by atoms with Crippen molar-refractivity contribution in [2.45, 2.75) is 12.8 Å². The zero-order chi connectivity index (χ0) is 7.40. The van der Waals surface area contributed by atoms with Gasteiger partial charge in [-0.25, -0.2) is 0 Å². The average molecular weight is 143 g/mol. The molecule has 10 heavy (non-hydrogen) atoms. The fourth-order valence-corrected chi connectivity index (χ4v) is 1.20. The van der Waals surface area contributed by atoms with E-state index in [1.54, 1.807) is 0 Å². The standard InChI is InChI=1S/C6H13N3O/c7-6(9-10)5-1-3-8-4-2-5/h5,8,10H,1-4H2,(H2,7,9). The Morgan fingerprint density at radius 3 is 2.60 bits per heavy atom. The number of piperidine rings is 1. The minimum Gasteiger partial charge on any atom is -0.409 e. The lowest BCUT2D eigenvalue weighted by Gasteiger charge is -2.20. The molecule has 4 N–H and O–H groups in total. The van der Waals surface area contributed by atoms with Gasteiger partial charge in [-0.3, -0.25) is 0 Å². The van der Waals surface area contributed by atoms with Crippen molar-refractivity contribution in [1.82, 2.24) is 5.32 Å². The molecule has 0 amide bonds. The first-order valence-corrected chi connectivity index (χ1v) is 3.52. The lowest BCUT2D eigenvalue weighted by Crippen LogP contribution is -2.35. The summed E-state index contributed by atoms with van der Waals surface area (Å²) in [5.41, 5.74) is 5.42. The zero-order valence-electron chi connectivity index (χ0n) is 5.88. The van der Waals surface area contributed by atoms with E-state index in [0.29, 0.717) is 5.84 Å². The SMILES string of the molecule is N/C(=N/O)C1CCNCC1. The van der Waals surface area contributed by atoms with Crippen molar-refractivity contribution < 1.29 is 5.21 Å². The molecule has 0 aromatic heterocycles. The second-order valence-electron chi connectivity index (χ2n) is 2.55. The molecule has 1 heterocycles. The molecule has 0 aromatic carbocycles. The first-order chi connectivity index (χ1) is 4.84. The maximum absolute atomic E-state index is 8.33. The van der Waals surface area contributed by atoms with E-state index >= 15 is 0 Å². The van der Waals surface area contributed by atoms with Crippen molar-refractivity contribution >= 4 is 5.84 Å². The Morgan fingerprint density at radius 1 is 1.50 bits per heavy atom. The van der Waals surface area contributed by atoms with Gasteiger partial charge < -0.3 is 16.3 Å². The molecule has 0 aromatic rings. The molecule has 1 saturated heterocycles. The van der Waals surface area contributed by atoms with Crippen molar-refractivity contribution in [3.63, 3.8) is 0 Å². The Morgan fingerprint density at radius 2 is 2.10 bits per heavy atom. The number of hydrogen-bond donors (Lipinski definition) is 3. The van der Waals surface area contributed by atoms with Crippen LogP contribution in [0.3, 0.4) is 0 Å². The molecule has 0 spiro atoms. The second-order valence-corrected chi connectivity index (χ2v) is 2.55. The predicted octanol–water partition coefficient (Wildman–Crippen LogP) is -0.268. The third kappa shape index (κ3) is 1.60. The summed E-state index contributed by atoms with van der Waals surface area (Å²) >= 11 is 0. The summed E-state index contributed by atoms with van der Waals surface area (Å²) in [5.74, 6) is 0.660.